The summed E-state index contributed by atoms with van der Waals surface area (Å²) in [5.74, 6) is 0.679. The lowest BCUT2D eigenvalue weighted by Crippen LogP contribution is -2.53. The number of hydrogen-bond acceptors (Lipinski definition) is 3. The molecule has 92 valence electrons. The highest BCUT2D eigenvalue weighted by atomic mass is 16.2. The van der Waals surface area contributed by atoms with Crippen LogP contribution in [-0.2, 0) is 4.79 Å². The molecule has 0 aromatic rings. The van der Waals surface area contributed by atoms with Crippen molar-refractivity contribution in [3.63, 3.8) is 0 Å². The molecular formula is C13H19N3O. The van der Waals surface area contributed by atoms with Crippen LogP contribution in [0, 0.1) is 5.92 Å². The van der Waals surface area contributed by atoms with Crippen molar-refractivity contribution < 1.29 is 4.79 Å². The Morgan fingerprint density at radius 2 is 2.35 bits per heavy atom. The predicted molar refractivity (Wildman–Crippen MR) is 66.0 cm³/mol. The number of amides is 1. The van der Waals surface area contributed by atoms with Crippen molar-refractivity contribution in [1.29, 1.82) is 0 Å². The smallest absolute Gasteiger partial charge is 0.239 e. The second-order valence-electron chi connectivity index (χ2n) is 5.28. The topological polar surface area (TPSA) is 53.2 Å². The van der Waals surface area contributed by atoms with Crippen LogP contribution in [-0.4, -0.2) is 24.2 Å². The van der Waals surface area contributed by atoms with E-state index in [-0.39, 0.29) is 18.1 Å². The van der Waals surface area contributed by atoms with E-state index in [4.69, 9.17) is 0 Å². The Bertz CT molecular complexity index is 388. The highest BCUT2D eigenvalue weighted by molar-refractivity contribution is 5.83. The number of dihydropyridines is 1. The predicted octanol–water partition coefficient (Wildman–Crippen LogP) is 0.632. The molecule has 1 amide bonds. The molecular weight excluding hydrogens is 214 g/mol. The van der Waals surface area contributed by atoms with Gasteiger partial charge in [-0.15, -0.1) is 0 Å². The second-order valence-corrected chi connectivity index (χ2v) is 5.28. The first-order valence-electron chi connectivity index (χ1n) is 6.40. The summed E-state index contributed by atoms with van der Waals surface area (Å²) in [6.45, 7) is 2.00. The molecule has 1 saturated carbocycles. The van der Waals surface area contributed by atoms with E-state index in [9.17, 15) is 4.79 Å². The molecule has 3 N–H and O–H groups in total. The fourth-order valence-corrected chi connectivity index (χ4v) is 3.13. The van der Waals surface area contributed by atoms with Crippen molar-refractivity contribution in [3.05, 3.63) is 23.9 Å². The zero-order valence-corrected chi connectivity index (χ0v) is 10.1. The quantitative estimate of drug-likeness (QED) is 0.656. The van der Waals surface area contributed by atoms with Crippen LogP contribution in [0.5, 0.6) is 0 Å². The third kappa shape index (κ3) is 2.09. The van der Waals surface area contributed by atoms with Gasteiger partial charge in [-0.1, -0.05) is 6.08 Å². The first-order valence-corrected chi connectivity index (χ1v) is 6.40. The molecule has 4 heteroatoms. The summed E-state index contributed by atoms with van der Waals surface area (Å²) in [5, 5.41) is 9.68. The summed E-state index contributed by atoms with van der Waals surface area (Å²) in [5.41, 5.74) is 1.08. The van der Waals surface area contributed by atoms with Crippen LogP contribution >= 0.6 is 0 Å². The van der Waals surface area contributed by atoms with E-state index in [0.717, 1.165) is 5.70 Å². The van der Waals surface area contributed by atoms with E-state index in [1.54, 1.807) is 0 Å². The summed E-state index contributed by atoms with van der Waals surface area (Å²) in [4.78, 5) is 12.1. The van der Waals surface area contributed by atoms with Crippen LogP contribution in [0.25, 0.3) is 0 Å². The van der Waals surface area contributed by atoms with Gasteiger partial charge in [-0.25, -0.2) is 0 Å². The molecule has 2 heterocycles. The fourth-order valence-electron chi connectivity index (χ4n) is 3.13. The van der Waals surface area contributed by atoms with Gasteiger partial charge in [0.25, 0.3) is 0 Å². The highest BCUT2D eigenvalue weighted by Gasteiger charge is 2.42. The Morgan fingerprint density at radius 1 is 1.47 bits per heavy atom. The standard InChI is InChI=1S/C13H19N3O/c1-8-3-2-4-11(14-8)16-13(17)12-9-5-6-10(7-9)15-12/h2-4,9-12,14-15H,5-7H2,1H3,(H,16,17)/t9?,10?,11?,12-/m0/s1. The van der Waals surface area contributed by atoms with Gasteiger partial charge in [0, 0.05) is 11.7 Å². The Labute approximate surface area is 102 Å². The maximum Gasteiger partial charge on any atom is 0.239 e. The van der Waals surface area contributed by atoms with Crippen LogP contribution in [0.15, 0.2) is 23.9 Å². The molecule has 0 spiro atoms. The minimum atomic E-state index is -0.0616. The van der Waals surface area contributed by atoms with Crippen LogP contribution in [0.1, 0.15) is 26.2 Å². The highest BCUT2D eigenvalue weighted by Crippen LogP contribution is 2.35. The average Bonchev–Trinajstić information content (AvgIpc) is 2.90. The number of piperidine rings is 1. The Balaban J connectivity index is 1.57. The largest absolute Gasteiger partial charge is 0.366 e. The molecule has 0 aromatic heterocycles. The minimum Gasteiger partial charge on any atom is -0.366 e. The minimum absolute atomic E-state index is 0.0233. The molecule has 1 saturated heterocycles. The number of nitrogens with one attached hydrogen (secondary N) is 3. The number of carbonyl (C=O) groups excluding carboxylic acids is 1. The molecule has 4 atom stereocenters. The van der Waals surface area contributed by atoms with Crippen molar-refractivity contribution >= 4 is 5.91 Å². The van der Waals surface area contributed by atoms with Gasteiger partial charge in [0.05, 0.1) is 6.04 Å². The molecule has 0 radical (unpaired) electrons. The van der Waals surface area contributed by atoms with Crippen LogP contribution in [0.2, 0.25) is 0 Å². The van der Waals surface area contributed by atoms with Crippen LogP contribution in [0.4, 0.5) is 0 Å². The van der Waals surface area contributed by atoms with E-state index >= 15 is 0 Å². The molecule has 17 heavy (non-hydrogen) atoms. The van der Waals surface area contributed by atoms with Crippen molar-refractivity contribution in [2.45, 2.75) is 44.4 Å². The number of carbonyl (C=O) groups is 1. The summed E-state index contributed by atoms with van der Waals surface area (Å²) < 4.78 is 0. The van der Waals surface area contributed by atoms with Crippen molar-refractivity contribution in [1.82, 2.24) is 16.0 Å². The zero-order valence-electron chi connectivity index (χ0n) is 10.1. The van der Waals surface area contributed by atoms with Crippen molar-refractivity contribution in [3.8, 4) is 0 Å². The van der Waals surface area contributed by atoms with Gasteiger partial charge in [0.15, 0.2) is 0 Å². The maximum absolute atomic E-state index is 12.1. The number of rotatable bonds is 2. The lowest BCUT2D eigenvalue weighted by molar-refractivity contribution is -0.124. The third-order valence-corrected chi connectivity index (χ3v) is 3.97. The van der Waals surface area contributed by atoms with E-state index in [2.05, 4.69) is 16.0 Å². The summed E-state index contributed by atoms with van der Waals surface area (Å²) in [6, 6.07) is 0.599. The molecule has 4 nitrogen and oxygen atoms in total. The number of hydrogen-bond donors (Lipinski definition) is 3. The molecule has 3 rings (SSSR count). The molecule has 3 unspecified atom stereocenters. The molecule has 2 aliphatic heterocycles. The zero-order chi connectivity index (χ0) is 11.8. The first kappa shape index (κ1) is 10.8. The second kappa shape index (κ2) is 4.18. The lowest BCUT2D eigenvalue weighted by Gasteiger charge is -2.26. The van der Waals surface area contributed by atoms with Gasteiger partial charge >= 0.3 is 0 Å². The average molecular weight is 233 g/mol. The van der Waals surface area contributed by atoms with Crippen molar-refractivity contribution in [2.24, 2.45) is 5.92 Å². The van der Waals surface area contributed by atoms with E-state index in [0.29, 0.717) is 12.0 Å². The maximum atomic E-state index is 12.1. The van der Waals surface area contributed by atoms with Gasteiger partial charge in [0.1, 0.15) is 6.17 Å². The number of fused-ring (bicyclic) bond motifs is 2. The Hall–Kier alpha value is -1.29. The first-order chi connectivity index (χ1) is 8.22. The Kier molecular flexibility index (Phi) is 2.67. The lowest BCUT2D eigenvalue weighted by atomic mass is 9.99. The third-order valence-electron chi connectivity index (χ3n) is 3.97. The fraction of sp³-hybridized carbons (Fsp3) is 0.615. The Morgan fingerprint density at radius 3 is 3.00 bits per heavy atom. The summed E-state index contributed by atoms with van der Waals surface area (Å²) in [7, 11) is 0. The monoisotopic (exact) mass is 233 g/mol. The van der Waals surface area contributed by atoms with E-state index < -0.39 is 0 Å². The normalized spacial score (nSPS) is 38.8. The van der Waals surface area contributed by atoms with Gasteiger partial charge in [-0.3, -0.25) is 4.79 Å². The molecule has 1 aliphatic carbocycles. The molecule has 2 bridgehead atoms. The van der Waals surface area contributed by atoms with Crippen molar-refractivity contribution in [2.75, 3.05) is 0 Å². The molecule has 3 aliphatic rings. The van der Waals surface area contributed by atoms with E-state index in [1.807, 2.05) is 25.2 Å². The molecule has 0 aromatic carbocycles. The molecule has 2 fully saturated rings. The summed E-state index contributed by atoms with van der Waals surface area (Å²) in [6.07, 6.45) is 9.49. The van der Waals surface area contributed by atoms with Crippen LogP contribution in [0.3, 0.4) is 0 Å². The van der Waals surface area contributed by atoms with Gasteiger partial charge in [-0.2, -0.15) is 0 Å². The van der Waals surface area contributed by atoms with Gasteiger partial charge in [-0.05, 0) is 44.3 Å². The summed E-state index contributed by atoms with van der Waals surface area (Å²) >= 11 is 0. The SMILES string of the molecule is CC1=CC=CC(NC(=O)[C@H]2NC3CCC2C3)N1. The van der Waals surface area contributed by atoms with Gasteiger partial charge < -0.3 is 16.0 Å². The van der Waals surface area contributed by atoms with Gasteiger partial charge in [0.2, 0.25) is 5.91 Å². The number of allylic oxidation sites excluding steroid dienone is 3. The van der Waals surface area contributed by atoms with E-state index in [1.165, 1.54) is 19.3 Å². The van der Waals surface area contributed by atoms with Crippen LogP contribution < -0.4 is 16.0 Å².